The summed E-state index contributed by atoms with van der Waals surface area (Å²) in [4.78, 5) is 11.5. The summed E-state index contributed by atoms with van der Waals surface area (Å²) in [5.41, 5.74) is 2.08. The minimum Gasteiger partial charge on any atom is -0.506 e. The van der Waals surface area contributed by atoms with Crippen molar-refractivity contribution in [3.8, 4) is 28.7 Å². The van der Waals surface area contributed by atoms with Gasteiger partial charge in [0.05, 0.1) is 26.5 Å². The number of rotatable bonds is 10. The maximum atomic E-state index is 11.5. The van der Waals surface area contributed by atoms with Crippen molar-refractivity contribution >= 4 is 11.6 Å². The number of ether oxygens (including phenoxy) is 3. The van der Waals surface area contributed by atoms with Crippen molar-refractivity contribution in [2.75, 3.05) is 39.2 Å². The number of benzene rings is 2. The first kappa shape index (κ1) is 21.6. The number of carbonyl (C=O) groups excluding carboxylic acids is 1. The van der Waals surface area contributed by atoms with E-state index in [2.05, 4.69) is 10.6 Å². The second-order valence-corrected chi connectivity index (χ2v) is 7.00. The first-order valence-electron chi connectivity index (χ1n) is 9.96. The Morgan fingerprint density at radius 3 is 2.60 bits per heavy atom. The van der Waals surface area contributed by atoms with Crippen LogP contribution in [-0.2, 0) is 17.6 Å². The van der Waals surface area contributed by atoms with Crippen molar-refractivity contribution in [3.05, 3.63) is 35.4 Å². The molecule has 0 aliphatic carbocycles. The van der Waals surface area contributed by atoms with Gasteiger partial charge >= 0.3 is 0 Å². The van der Waals surface area contributed by atoms with Gasteiger partial charge < -0.3 is 35.1 Å². The first-order valence-corrected chi connectivity index (χ1v) is 9.96. The highest BCUT2D eigenvalue weighted by molar-refractivity contribution is 5.96. The van der Waals surface area contributed by atoms with Crippen molar-refractivity contribution in [2.45, 2.75) is 25.7 Å². The number of amides is 1. The summed E-state index contributed by atoms with van der Waals surface area (Å²) >= 11 is 0. The lowest BCUT2D eigenvalue weighted by Crippen LogP contribution is -2.21. The zero-order valence-corrected chi connectivity index (χ0v) is 17.3. The lowest BCUT2D eigenvalue weighted by atomic mass is 10.0. The van der Waals surface area contributed by atoms with Gasteiger partial charge in [-0.2, -0.15) is 0 Å². The summed E-state index contributed by atoms with van der Waals surface area (Å²) in [7, 11) is 3.03. The lowest BCUT2D eigenvalue weighted by Gasteiger charge is -2.21. The van der Waals surface area contributed by atoms with E-state index in [4.69, 9.17) is 14.2 Å². The zero-order valence-electron chi connectivity index (χ0n) is 17.3. The smallest absolute Gasteiger partial charge is 0.224 e. The fourth-order valence-electron chi connectivity index (χ4n) is 3.46. The second-order valence-electron chi connectivity index (χ2n) is 7.00. The average molecular weight is 416 g/mol. The molecule has 1 heterocycles. The van der Waals surface area contributed by atoms with Gasteiger partial charge in [0.15, 0.2) is 11.5 Å². The third-order valence-electron chi connectivity index (χ3n) is 5.04. The van der Waals surface area contributed by atoms with Gasteiger partial charge in [-0.25, -0.2) is 0 Å². The molecule has 162 valence electrons. The van der Waals surface area contributed by atoms with Crippen LogP contribution < -0.4 is 24.8 Å². The Balaban J connectivity index is 1.42. The number of nitrogens with one attached hydrogen (secondary N) is 2. The Kier molecular flexibility index (Phi) is 7.24. The van der Waals surface area contributed by atoms with E-state index in [-0.39, 0.29) is 17.4 Å². The molecular weight excluding hydrogens is 388 g/mol. The Morgan fingerprint density at radius 1 is 1.03 bits per heavy atom. The zero-order chi connectivity index (χ0) is 21.5. The summed E-state index contributed by atoms with van der Waals surface area (Å²) < 4.78 is 16.2. The van der Waals surface area contributed by atoms with Gasteiger partial charge in [-0.1, -0.05) is 6.07 Å². The van der Waals surface area contributed by atoms with E-state index in [9.17, 15) is 15.0 Å². The maximum Gasteiger partial charge on any atom is 0.224 e. The molecule has 0 unspecified atom stereocenters. The average Bonchev–Trinajstić information content (AvgIpc) is 2.75. The molecule has 0 aromatic heterocycles. The molecule has 30 heavy (non-hydrogen) atoms. The van der Waals surface area contributed by atoms with Gasteiger partial charge in [-0.05, 0) is 56.1 Å². The highest BCUT2D eigenvalue weighted by atomic mass is 16.5. The van der Waals surface area contributed by atoms with Crippen LogP contribution >= 0.6 is 0 Å². The summed E-state index contributed by atoms with van der Waals surface area (Å²) in [6.45, 7) is 1.97. The van der Waals surface area contributed by atoms with Crippen LogP contribution in [0.25, 0.3) is 0 Å². The molecule has 8 heteroatoms. The molecule has 1 aliphatic rings. The van der Waals surface area contributed by atoms with Crippen LogP contribution in [0.4, 0.5) is 5.69 Å². The minimum absolute atomic E-state index is 0.0606. The Morgan fingerprint density at radius 2 is 1.83 bits per heavy atom. The van der Waals surface area contributed by atoms with Crippen molar-refractivity contribution in [1.82, 2.24) is 5.32 Å². The van der Waals surface area contributed by atoms with Gasteiger partial charge in [-0.15, -0.1) is 0 Å². The number of hydrogen-bond donors (Lipinski definition) is 4. The molecule has 0 radical (unpaired) electrons. The van der Waals surface area contributed by atoms with Crippen molar-refractivity contribution in [3.63, 3.8) is 0 Å². The molecule has 2 aromatic rings. The standard InChI is InChI=1S/C22H28N2O6/c1-28-18-7-4-14(21(27)22(18)29-2)10-12-23-11-3-13-30-17-8-6-16(25)20-15(17)5-9-19(26)24-20/h4,6-8,23,25,27H,3,5,9-13H2,1-2H3,(H,24,26). The number of aromatic hydroxyl groups is 2. The van der Waals surface area contributed by atoms with E-state index in [0.29, 0.717) is 55.4 Å². The van der Waals surface area contributed by atoms with Gasteiger partial charge in [0.1, 0.15) is 11.5 Å². The summed E-state index contributed by atoms with van der Waals surface area (Å²) in [5, 5.41) is 26.3. The number of carbonyl (C=O) groups is 1. The van der Waals surface area contributed by atoms with E-state index < -0.39 is 0 Å². The molecule has 2 aromatic carbocycles. The topological polar surface area (TPSA) is 109 Å². The first-order chi connectivity index (χ1) is 14.5. The lowest BCUT2D eigenvalue weighted by molar-refractivity contribution is -0.116. The molecule has 4 N–H and O–H groups in total. The van der Waals surface area contributed by atoms with E-state index in [1.54, 1.807) is 12.1 Å². The Hall–Kier alpha value is -3.13. The maximum absolute atomic E-state index is 11.5. The Labute approximate surface area is 175 Å². The van der Waals surface area contributed by atoms with Gasteiger partial charge in [-0.3, -0.25) is 4.79 Å². The molecule has 0 saturated carbocycles. The number of hydrogen-bond acceptors (Lipinski definition) is 7. The van der Waals surface area contributed by atoms with E-state index in [0.717, 1.165) is 24.1 Å². The fraction of sp³-hybridized carbons (Fsp3) is 0.409. The summed E-state index contributed by atoms with van der Waals surface area (Å²) in [5.74, 6) is 1.60. The largest absolute Gasteiger partial charge is 0.506 e. The van der Waals surface area contributed by atoms with Crippen LogP contribution in [0.15, 0.2) is 24.3 Å². The number of phenols is 2. The molecule has 8 nitrogen and oxygen atoms in total. The number of methoxy groups -OCH3 is 2. The van der Waals surface area contributed by atoms with Crippen LogP contribution in [0.2, 0.25) is 0 Å². The highest BCUT2D eigenvalue weighted by Gasteiger charge is 2.21. The predicted octanol–water partition coefficient (Wildman–Crippen LogP) is 2.60. The number of fused-ring (bicyclic) bond motifs is 1. The monoisotopic (exact) mass is 416 g/mol. The molecule has 0 atom stereocenters. The summed E-state index contributed by atoms with van der Waals surface area (Å²) in [6, 6.07) is 6.88. The van der Waals surface area contributed by atoms with Crippen molar-refractivity contribution in [2.24, 2.45) is 0 Å². The number of phenolic OH excluding ortho intramolecular Hbond substituents is 2. The molecule has 1 amide bonds. The predicted molar refractivity (Wildman–Crippen MR) is 113 cm³/mol. The normalized spacial score (nSPS) is 12.8. The molecule has 0 fully saturated rings. The van der Waals surface area contributed by atoms with Gasteiger partial charge in [0.25, 0.3) is 0 Å². The fourth-order valence-corrected chi connectivity index (χ4v) is 3.46. The third kappa shape index (κ3) is 4.88. The molecule has 0 bridgehead atoms. The van der Waals surface area contributed by atoms with Crippen molar-refractivity contribution in [1.29, 1.82) is 0 Å². The molecule has 3 rings (SSSR count). The molecule has 1 aliphatic heterocycles. The molecule has 0 saturated heterocycles. The molecular formula is C22H28N2O6. The van der Waals surface area contributed by atoms with Crippen LogP contribution in [0.5, 0.6) is 28.7 Å². The van der Waals surface area contributed by atoms with Crippen molar-refractivity contribution < 1.29 is 29.2 Å². The van der Waals surface area contributed by atoms with Crippen LogP contribution in [-0.4, -0.2) is 50.0 Å². The highest BCUT2D eigenvalue weighted by Crippen LogP contribution is 2.39. The molecule has 0 spiro atoms. The van der Waals surface area contributed by atoms with Crippen LogP contribution in [0.3, 0.4) is 0 Å². The minimum atomic E-state index is -0.0975. The van der Waals surface area contributed by atoms with Crippen LogP contribution in [0, 0.1) is 0 Å². The van der Waals surface area contributed by atoms with E-state index in [1.165, 1.54) is 20.3 Å². The Bertz CT molecular complexity index is 900. The van der Waals surface area contributed by atoms with E-state index in [1.807, 2.05) is 6.07 Å². The van der Waals surface area contributed by atoms with E-state index >= 15 is 0 Å². The SMILES string of the molecule is COc1ccc(CCNCCCOc2ccc(O)c3c2CCC(=O)N3)c(O)c1OC. The second kappa shape index (κ2) is 10.1. The van der Waals surface area contributed by atoms with Crippen LogP contribution in [0.1, 0.15) is 24.0 Å². The quantitative estimate of drug-likeness (QED) is 0.348. The third-order valence-corrected chi connectivity index (χ3v) is 5.04. The van der Waals surface area contributed by atoms with Gasteiger partial charge in [0.2, 0.25) is 11.7 Å². The summed E-state index contributed by atoms with van der Waals surface area (Å²) in [6.07, 6.45) is 2.38. The number of anilines is 1. The van der Waals surface area contributed by atoms with Gasteiger partial charge in [0, 0.05) is 12.0 Å².